The highest BCUT2D eigenvalue weighted by Crippen LogP contribution is 2.43. The number of aliphatic hydroxyl groups excluding tert-OH is 4. The smallest absolute Gasteiger partial charge is 0.462 e. The molecule has 0 fully saturated rings. The van der Waals surface area contributed by atoms with Crippen LogP contribution in [0.3, 0.4) is 0 Å². The van der Waals surface area contributed by atoms with E-state index in [-0.39, 0.29) is 32.1 Å². The summed E-state index contributed by atoms with van der Waals surface area (Å²) < 4.78 is 32.6. The number of allylic oxidation sites excluding steroid dienone is 7. The van der Waals surface area contributed by atoms with Crippen molar-refractivity contribution in [1.82, 2.24) is 0 Å². The molecule has 0 radical (unpaired) electrons. The predicted octanol–water partition coefficient (Wildman–Crippen LogP) is 10.3. The second kappa shape index (κ2) is 40.9. The van der Waals surface area contributed by atoms with Gasteiger partial charge in [-0.2, -0.15) is 0 Å². The maximum Gasteiger partial charge on any atom is 0.472 e. The Morgan fingerprint density at radius 3 is 1.55 bits per heavy atom. The van der Waals surface area contributed by atoms with E-state index in [1.807, 2.05) is 12.2 Å². The average molecular weight is 873 g/mol. The zero-order chi connectivity index (χ0) is 44.5. The number of unbranched alkanes of at least 4 members (excludes halogenated alkanes) is 14. The van der Waals surface area contributed by atoms with Crippen molar-refractivity contribution in [3.05, 3.63) is 48.6 Å². The number of carbonyl (C=O) groups is 2. The van der Waals surface area contributed by atoms with E-state index in [0.29, 0.717) is 12.8 Å². The fourth-order valence-electron chi connectivity index (χ4n) is 6.21. The SMILES string of the molecule is CC/C=C\C/C=C\C/C=C\C/C=C\C[C@@H](O)[C@H](O)CCCC(=O)O[C@H](COC(=O)CCCCCCCCCCCCCCCCCC(C)C)COP(=O)(O)OC[C@@H](O)CO. The van der Waals surface area contributed by atoms with Crippen LogP contribution >= 0.6 is 7.82 Å². The molecule has 1 unspecified atom stereocenters. The molecule has 5 N–H and O–H groups in total. The second-order valence-corrected chi connectivity index (χ2v) is 17.6. The molecule has 60 heavy (non-hydrogen) atoms. The summed E-state index contributed by atoms with van der Waals surface area (Å²) in [7, 11) is -4.70. The van der Waals surface area contributed by atoms with Crippen molar-refractivity contribution < 1.29 is 58.0 Å². The molecule has 0 heterocycles. The summed E-state index contributed by atoms with van der Waals surface area (Å²) in [5.41, 5.74) is 0. The minimum absolute atomic E-state index is 0.131. The van der Waals surface area contributed by atoms with Crippen LogP contribution in [0, 0.1) is 5.92 Å². The lowest BCUT2D eigenvalue weighted by Gasteiger charge is -2.20. The van der Waals surface area contributed by atoms with E-state index in [1.54, 1.807) is 6.08 Å². The lowest BCUT2D eigenvalue weighted by molar-refractivity contribution is -0.161. The Balaban J connectivity index is 4.47. The van der Waals surface area contributed by atoms with E-state index in [1.165, 1.54) is 77.0 Å². The van der Waals surface area contributed by atoms with Gasteiger partial charge in [0.15, 0.2) is 6.10 Å². The third kappa shape index (κ3) is 40.0. The van der Waals surface area contributed by atoms with Gasteiger partial charge in [0, 0.05) is 12.8 Å². The van der Waals surface area contributed by atoms with Crippen LogP contribution in [0.4, 0.5) is 0 Å². The number of phosphoric ester groups is 1. The van der Waals surface area contributed by atoms with Gasteiger partial charge < -0.3 is 34.8 Å². The molecule has 0 amide bonds. The number of hydrogen-bond acceptors (Lipinski definition) is 11. The Labute approximate surface area is 363 Å². The Morgan fingerprint density at radius 1 is 0.567 bits per heavy atom. The normalized spacial score (nSPS) is 15.3. The van der Waals surface area contributed by atoms with Crippen molar-refractivity contribution >= 4 is 19.8 Å². The molecule has 13 heteroatoms. The summed E-state index contributed by atoms with van der Waals surface area (Å²) in [5, 5.41) is 39.1. The van der Waals surface area contributed by atoms with Gasteiger partial charge in [-0.05, 0) is 57.3 Å². The van der Waals surface area contributed by atoms with E-state index >= 15 is 0 Å². The van der Waals surface area contributed by atoms with Gasteiger partial charge in [-0.15, -0.1) is 0 Å². The predicted molar refractivity (Wildman–Crippen MR) is 240 cm³/mol. The van der Waals surface area contributed by atoms with Crippen LogP contribution in [-0.4, -0.2) is 88.1 Å². The molecule has 0 aliphatic heterocycles. The average Bonchev–Trinajstić information content (AvgIpc) is 3.22. The summed E-state index contributed by atoms with van der Waals surface area (Å²) in [5.74, 6) is -0.392. The van der Waals surface area contributed by atoms with Gasteiger partial charge >= 0.3 is 19.8 Å². The first-order valence-electron chi connectivity index (χ1n) is 23.1. The maximum atomic E-state index is 12.7. The van der Waals surface area contributed by atoms with Crippen LogP contribution in [0.1, 0.15) is 181 Å². The molecule has 12 nitrogen and oxygen atoms in total. The molecule has 0 bridgehead atoms. The Hall–Kier alpha value is -2.15. The van der Waals surface area contributed by atoms with Crippen molar-refractivity contribution in [2.75, 3.05) is 26.4 Å². The van der Waals surface area contributed by atoms with Crippen molar-refractivity contribution in [2.24, 2.45) is 5.92 Å². The molecule has 0 spiro atoms. The minimum atomic E-state index is -4.70. The first-order valence-corrected chi connectivity index (χ1v) is 24.6. The van der Waals surface area contributed by atoms with E-state index in [0.717, 1.165) is 44.4 Å². The lowest BCUT2D eigenvalue weighted by Crippen LogP contribution is -2.30. The van der Waals surface area contributed by atoms with Crippen molar-refractivity contribution in [3.63, 3.8) is 0 Å². The molecule has 0 aromatic carbocycles. The lowest BCUT2D eigenvalue weighted by atomic mass is 10.0. The van der Waals surface area contributed by atoms with Gasteiger partial charge in [0.25, 0.3) is 0 Å². The van der Waals surface area contributed by atoms with Crippen LogP contribution in [0.25, 0.3) is 0 Å². The number of phosphoric acid groups is 1. The number of esters is 2. The van der Waals surface area contributed by atoms with Crippen LogP contribution in [0.5, 0.6) is 0 Å². The van der Waals surface area contributed by atoms with Crippen LogP contribution in [0.2, 0.25) is 0 Å². The number of ether oxygens (including phenoxy) is 2. The molecule has 0 aliphatic rings. The number of aliphatic hydroxyl groups is 4. The topological polar surface area (TPSA) is 189 Å². The van der Waals surface area contributed by atoms with Gasteiger partial charge in [0.1, 0.15) is 12.7 Å². The van der Waals surface area contributed by atoms with Gasteiger partial charge in [-0.3, -0.25) is 18.6 Å². The Morgan fingerprint density at radius 2 is 1.03 bits per heavy atom. The van der Waals surface area contributed by atoms with Crippen LogP contribution < -0.4 is 0 Å². The van der Waals surface area contributed by atoms with Gasteiger partial charge in [-0.1, -0.05) is 166 Å². The Bertz CT molecular complexity index is 1190. The largest absolute Gasteiger partial charge is 0.472 e. The molecular formula is C47H85O12P. The third-order valence-corrected chi connectivity index (χ3v) is 10.8. The molecule has 0 aliphatic carbocycles. The fraction of sp³-hybridized carbons (Fsp3) is 0.787. The molecule has 0 aromatic heterocycles. The van der Waals surface area contributed by atoms with E-state index in [2.05, 4.69) is 55.7 Å². The maximum absolute atomic E-state index is 12.7. The number of rotatable bonds is 42. The van der Waals surface area contributed by atoms with Crippen molar-refractivity contribution in [1.29, 1.82) is 0 Å². The number of carbonyl (C=O) groups excluding carboxylic acids is 2. The first-order chi connectivity index (χ1) is 28.9. The summed E-state index contributed by atoms with van der Waals surface area (Å²) in [4.78, 5) is 35.1. The molecule has 350 valence electrons. The van der Waals surface area contributed by atoms with Crippen LogP contribution in [-0.2, 0) is 32.7 Å². The standard InChI is InChI=1S/C47H85O12P/c1-4-5-6-7-8-9-10-17-20-23-26-29-33-44(50)45(51)34-31-36-47(53)59-43(40-58-60(54,55)57-38-42(49)37-48)39-56-46(52)35-30-27-24-21-18-15-13-11-12-14-16-19-22-25-28-32-41(2)3/h5-6,8-9,17,20,26,29,41-45,48-51H,4,7,10-16,18-19,21-25,27-28,30-40H2,1-3H3,(H,54,55)/b6-5-,9-8-,20-17-,29-26-/t42-,43+,44+,45+/m0/s1. The van der Waals surface area contributed by atoms with E-state index in [4.69, 9.17) is 19.1 Å². The molecule has 0 saturated heterocycles. The monoisotopic (exact) mass is 873 g/mol. The fourth-order valence-corrected chi connectivity index (χ4v) is 7.00. The molecular weight excluding hydrogens is 787 g/mol. The summed E-state index contributed by atoms with van der Waals surface area (Å²) in [6.45, 7) is 4.28. The highest BCUT2D eigenvalue weighted by atomic mass is 31.2. The van der Waals surface area contributed by atoms with E-state index in [9.17, 15) is 34.4 Å². The highest BCUT2D eigenvalue weighted by molar-refractivity contribution is 7.47. The zero-order valence-electron chi connectivity index (χ0n) is 37.6. The molecule has 0 rings (SSSR count). The van der Waals surface area contributed by atoms with Gasteiger partial charge in [0.05, 0.1) is 32.0 Å². The van der Waals surface area contributed by atoms with Gasteiger partial charge in [0.2, 0.25) is 0 Å². The third-order valence-electron chi connectivity index (χ3n) is 9.88. The second-order valence-electron chi connectivity index (χ2n) is 16.2. The molecule has 5 atom stereocenters. The minimum Gasteiger partial charge on any atom is -0.462 e. The zero-order valence-corrected chi connectivity index (χ0v) is 38.4. The molecule has 0 aromatic rings. The summed E-state index contributed by atoms with van der Waals surface area (Å²) in [6, 6.07) is 0. The number of hydrogen-bond donors (Lipinski definition) is 5. The highest BCUT2D eigenvalue weighted by Gasteiger charge is 2.27. The molecule has 0 saturated carbocycles. The van der Waals surface area contributed by atoms with Gasteiger partial charge in [-0.25, -0.2) is 4.57 Å². The van der Waals surface area contributed by atoms with Crippen LogP contribution in [0.15, 0.2) is 48.6 Å². The Kier molecular flexibility index (Phi) is 39.4. The van der Waals surface area contributed by atoms with Crippen molar-refractivity contribution in [3.8, 4) is 0 Å². The summed E-state index contributed by atoms with van der Waals surface area (Å²) in [6.07, 6.45) is 35.3. The van der Waals surface area contributed by atoms with E-state index < -0.39 is 70.6 Å². The first kappa shape index (κ1) is 57.9. The summed E-state index contributed by atoms with van der Waals surface area (Å²) >= 11 is 0. The quantitative estimate of drug-likeness (QED) is 0.0169. The van der Waals surface area contributed by atoms with Crippen molar-refractivity contribution in [2.45, 2.75) is 206 Å².